The quantitative estimate of drug-likeness (QED) is 0.0608. The average Bonchev–Trinajstić information content (AvgIpc) is 3.96. The first-order valence-electron chi connectivity index (χ1n) is 38.5. The Bertz CT molecular complexity index is 1220. The van der Waals surface area contributed by atoms with Crippen LogP contribution in [0.1, 0.15) is 359 Å². The first-order chi connectivity index (χ1) is 41.3. The molecule has 0 amide bonds. The van der Waals surface area contributed by atoms with Crippen LogP contribution in [0, 0.1) is 59.2 Å². The fourth-order valence-corrected chi connectivity index (χ4v) is 13.2. The summed E-state index contributed by atoms with van der Waals surface area (Å²) < 4.78 is 36.6. The predicted molar refractivity (Wildman–Crippen MR) is 370 cm³/mol. The Balaban J connectivity index is 1.82. The normalized spacial score (nSPS) is 17.7. The van der Waals surface area contributed by atoms with Crippen molar-refractivity contribution in [3.05, 3.63) is 0 Å². The predicted octanol–water partition coefficient (Wildman–Crippen LogP) is 23.4. The van der Waals surface area contributed by atoms with Gasteiger partial charge in [0.15, 0.2) is 0 Å². The maximum absolute atomic E-state index is 9.83. The highest BCUT2D eigenvalue weighted by Gasteiger charge is 2.25. The van der Waals surface area contributed by atoms with E-state index in [0.29, 0.717) is 12.5 Å². The van der Waals surface area contributed by atoms with E-state index in [1.165, 1.54) is 263 Å². The molecule has 1 aliphatic rings. The van der Waals surface area contributed by atoms with E-state index in [9.17, 15) is 5.11 Å². The molecule has 1 aliphatic carbocycles. The number of unbranched alkanes of at least 4 members (excludes halogenated alkanes) is 18. The molecular weight excluding hydrogens is 1050 g/mol. The molecule has 0 aliphatic heterocycles. The van der Waals surface area contributed by atoms with Crippen LogP contribution >= 0.6 is 0 Å². The molecule has 7 heteroatoms. The molecule has 0 heterocycles. The van der Waals surface area contributed by atoms with Crippen molar-refractivity contribution in [1.29, 1.82) is 0 Å². The van der Waals surface area contributed by atoms with Crippen LogP contribution < -0.4 is 0 Å². The van der Waals surface area contributed by atoms with Crippen LogP contribution in [0.2, 0.25) is 0 Å². The van der Waals surface area contributed by atoms with Crippen LogP contribution in [0.5, 0.6) is 0 Å². The van der Waals surface area contributed by atoms with Gasteiger partial charge in [0.1, 0.15) is 6.10 Å². The molecule has 0 bridgehead atoms. The molecule has 1 N–H and O–H groups in total. The summed E-state index contributed by atoms with van der Waals surface area (Å²) in [6, 6.07) is 0. The van der Waals surface area contributed by atoms with E-state index >= 15 is 0 Å². The zero-order valence-corrected chi connectivity index (χ0v) is 59.7. The second kappa shape index (κ2) is 61.2. The molecule has 0 aromatic rings. The summed E-state index contributed by atoms with van der Waals surface area (Å²) in [5, 5.41) is 9.83. The van der Waals surface area contributed by atoms with Crippen molar-refractivity contribution in [2.45, 2.75) is 371 Å². The van der Waals surface area contributed by atoms with Crippen LogP contribution in [0.3, 0.4) is 0 Å². The van der Waals surface area contributed by atoms with E-state index in [1.54, 1.807) is 0 Å². The average molecular weight is 1210 g/mol. The highest BCUT2D eigenvalue weighted by Crippen LogP contribution is 2.32. The van der Waals surface area contributed by atoms with Gasteiger partial charge in [0.05, 0.1) is 25.9 Å². The first kappa shape index (κ1) is 82.7. The van der Waals surface area contributed by atoms with Gasteiger partial charge in [-0.15, -0.1) is 0 Å². The lowest BCUT2D eigenvalue weighted by Crippen LogP contribution is -2.25. The van der Waals surface area contributed by atoms with Crippen molar-refractivity contribution in [3.8, 4) is 0 Å². The van der Waals surface area contributed by atoms with Crippen molar-refractivity contribution in [2.75, 3.05) is 72.7 Å². The molecule has 0 aromatic carbocycles. The van der Waals surface area contributed by atoms with Crippen molar-refractivity contribution >= 4 is 0 Å². The van der Waals surface area contributed by atoms with Gasteiger partial charge in [-0.1, -0.05) is 294 Å². The van der Waals surface area contributed by atoms with Gasteiger partial charge in [0.2, 0.25) is 0 Å². The zero-order valence-electron chi connectivity index (χ0n) is 59.7. The Morgan fingerprint density at radius 2 is 0.553 bits per heavy atom. The summed E-state index contributed by atoms with van der Waals surface area (Å²) in [5.74, 6) is 8.12. The Morgan fingerprint density at radius 3 is 0.847 bits per heavy atom. The lowest BCUT2D eigenvalue weighted by Gasteiger charge is -2.19. The van der Waals surface area contributed by atoms with Gasteiger partial charge < -0.3 is 33.5 Å². The number of ether oxygens (including phenoxy) is 6. The van der Waals surface area contributed by atoms with Crippen molar-refractivity contribution in [3.63, 3.8) is 0 Å². The molecule has 510 valence electrons. The van der Waals surface area contributed by atoms with Crippen LogP contribution in [0.25, 0.3) is 0 Å². The molecule has 0 spiro atoms. The molecule has 0 aromatic heterocycles. The Hall–Kier alpha value is -0.280. The molecule has 0 radical (unpaired) electrons. The second-order valence-electron chi connectivity index (χ2n) is 30.1. The molecule has 1 saturated carbocycles. The maximum Gasteiger partial charge on any atom is 0.104 e. The van der Waals surface area contributed by atoms with Gasteiger partial charge in [0, 0.05) is 52.9 Å². The highest BCUT2D eigenvalue weighted by molar-refractivity contribution is 4.75. The topological polar surface area (TPSA) is 75.6 Å². The molecule has 1 fully saturated rings. The van der Waals surface area contributed by atoms with Crippen molar-refractivity contribution in [1.82, 2.24) is 0 Å². The molecule has 85 heavy (non-hydrogen) atoms. The lowest BCUT2D eigenvalue weighted by atomic mass is 9.91. The van der Waals surface area contributed by atoms with Crippen LogP contribution in [0.4, 0.5) is 0 Å². The largest absolute Gasteiger partial charge is 0.394 e. The van der Waals surface area contributed by atoms with E-state index in [-0.39, 0.29) is 18.8 Å². The standard InChI is InChI=1S/C78H156O7/c1-12-77(84-59-53-73(10)49-37-47-71(8)45-35-43-69(6)41-33-39-67(2)3)65-82-57-31-27-23-19-15-13-17-21-25-29-55-80-63-75-51-52-76(61-75)64-81-56-30-26-22-18-14-16-20-24-28-32-58-83-66-78(62-79)85-60-54-74(11)50-38-48-72(9)46-36-44-70(7)42-34-40-68(4)5/h67-79H,12-66H2,1-11H3/t69-,70-,71-,72-,73?,74?,75+,76-,77-,78-/m1/s1. The van der Waals surface area contributed by atoms with Crippen LogP contribution in [-0.2, 0) is 28.4 Å². The smallest absolute Gasteiger partial charge is 0.104 e. The molecule has 1 rings (SSSR count). The van der Waals surface area contributed by atoms with E-state index in [1.807, 2.05) is 0 Å². The van der Waals surface area contributed by atoms with E-state index < -0.39 is 0 Å². The minimum absolute atomic E-state index is 0.0441. The fourth-order valence-electron chi connectivity index (χ4n) is 13.2. The van der Waals surface area contributed by atoms with Gasteiger partial charge in [-0.2, -0.15) is 0 Å². The SMILES string of the molecule is CC[C@H](COCCCCCCCCCCCCOC[C@H]1CC[C@@H](COCCCCCCCCCCCCOC[C@@H](CO)OCCC(C)CCC[C@H](C)CCC[C@H](C)CCCC(C)C)C1)OCCC(C)CCC[C@H](C)CCC[C@H](C)CCCC(C)C. The summed E-state index contributed by atoms with van der Waals surface area (Å²) in [7, 11) is 0. The summed E-state index contributed by atoms with van der Waals surface area (Å²) in [6.07, 6.45) is 58.3. The van der Waals surface area contributed by atoms with Gasteiger partial charge in [0.25, 0.3) is 0 Å². The third kappa shape index (κ3) is 57.4. The third-order valence-corrected chi connectivity index (χ3v) is 19.7. The third-order valence-electron chi connectivity index (χ3n) is 19.7. The lowest BCUT2D eigenvalue weighted by molar-refractivity contribution is -0.0459. The van der Waals surface area contributed by atoms with E-state index in [4.69, 9.17) is 28.4 Å². The minimum Gasteiger partial charge on any atom is -0.394 e. The summed E-state index contributed by atoms with van der Waals surface area (Å²) in [5.41, 5.74) is 0. The second-order valence-corrected chi connectivity index (χ2v) is 30.1. The van der Waals surface area contributed by atoms with Gasteiger partial charge in [-0.05, 0) is 123 Å². The zero-order chi connectivity index (χ0) is 62.1. The van der Waals surface area contributed by atoms with Crippen molar-refractivity contribution < 1.29 is 33.5 Å². The van der Waals surface area contributed by atoms with Crippen LogP contribution in [0.15, 0.2) is 0 Å². The van der Waals surface area contributed by atoms with Crippen LogP contribution in [-0.4, -0.2) is 90.0 Å². The Kier molecular flexibility index (Phi) is 59.6. The molecule has 0 saturated heterocycles. The highest BCUT2D eigenvalue weighted by atomic mass is 16.5. The molecule has 7 nitrogen and oxygen atoms in total. The summed E-state index contributed by atoms with van der Waals surface area (Å²) >= 11 is 0. The van der Waals surface area contributed by atoms with Crippen molar-refractivity contribution in [2.24, 2.45) is 59.2 Å². The van der Waals surface area contributed by atoms with E-state index in [2.05, 4.69) is 76.2 Å². The number of hydrogen-bond donors (Lipinski definition) is 1. The van der Waals surface area contributed by atoms with Gasteiger partial charge >= 0.3 is 0 Å². The van der Waals surface area contributed by atoms with Gasteiger partial charge in [-0.3, -0.25) is 0 Å². The number of rotatable bonds is 68. The first-order valence-corrected chi connectivity index (χ1v) is 38.5. The van der Waals surface area contributed by atoms with E-state index in [0.717, 1.165) is 132 Å². The number of aliphatic hydroxyl groups excluding tert-OH is 1. The van der Waals surface area contributed by atoms with Gasteiger partial charge in [-0.25, -0.2) is 0 Å². The number of hydrogen-bond acceptors (Lipinski definition) is 7. The molecular formula is C78H156O7. The Labute approximate surface area is 533 Å². The molecule has 10 atom stereocenters. The maximum atomic E-state index is 9.83. The monoisotopic (exact) mass is 1210 g/mol. The number of aliphatic hydroxyl groups is 1. The molecule has 2 unspecified atom stereocenters. The summed E-state index contributed by atoms with van der Waals surface area (Å²) in [6.45, 7) is 34.6. The Morgan fingerprint density at radius 1 is 0.294 bits per heavy atom. The fraction of sp³-hybridized carbons (Fsp3) is 1.00. The summed E-state index contributed by atoms with van der Waals surface area (Å²) in [4.78, 5) is 0. The minimum atomic E-state index is -0.190.